The number of carbonyl (C=O) groups excluding carboxylic acids is 3. The third-order valence-corrected chi connectivity index (χ3v) is 3.26. The minimum atomic E-state index is -1.53. The molecule has 0 aromatic heterocycles. The molecule has 0 heterocycles. The van der Waals surface area contributed by atoms with Gasteiger partial charge in [0, 0.05) is 26.2 Å². The second kappa shape index (κ2) is 12.1. The van der Waals surface area contributed by atoms with Crippen molar-refractivity contribution in [3.8, 4) is 0 Å². The summed E-state index contributed by atoms with van der Waals surface area (Å²) < 4.78 is 10.6. The molecule has 0 aromatic carbocycles. The van der Waals surface area contributed by atoms with Crippen LogP contribution in [0.5, 0.6) is 0 Å². The standard InChI is InChI=1S/C19H35N3O7/c1-18(2,3)28-16(26)21-11-9-13-22(17(27)29-19(4,5)6)12-8-7-10-20-14(23)15(24)25/h7-13H2,1-6H3,(H,20,23)(H,21,26)(H,24,25). The molecule has 0 fully saturated rings. The van der Waals surface area contributed by atoms with Crippen molar-refractivity contribution in [3.63, 3.8) is 0 Å². The summed E-state index contributed by atoms with van der Waals surface area (Å²) in [6.45, 7) is 11.9. The molecule has 0 aliphatic rings. The van der Waals surface area contributed by atoms with E-state index in [4.69, 9.17) is 14.6 Å². The van der Waals surface area contributed by atoms with Crippen LogP contribution in [0, 0.1) is 0 Å². The highest BCUT2D eigenvalue weighted by Gasteiger charge is 2.22. The first-order valence-corrected chi connectivity index (χ1v) is 9.67. The van der Waals surface area contributed by atoms with Crippen molar-refractivity contribution in [1.29, 1.82) is 0 Å². The summed E-state index contributed by atoms with van der Waals surface area (Å²) in [7, 11) is 0. The minimum Gasteiger partial charge on any atom is -0.474 e. The van der Waals surface area contributed by atoms with Crippen LogP contribution in [0.4, 0.5) is 9.59 Å². The van der Waals surface area contributed by atoms with Crippen LogP contribution < -0.4 is 10.6 Å². The molecule has 0 spiro atoms. The van der Waals surface area contributed by atoms with Gasteiger partial charge >= 0.3 is 24.1 Å². The van der Waals surface area contributed by atoms with Gasteiger partial charge in [-0.15, -0.1) is 0 Å². The smallest absolute Gasteiger partial charge is 0.410 e. The fourth-order valence-electron chi connectivity index (χ4n) is 2.10. The number of nitrogens with one attached hydrogen (secondary N) is 2. The number of aliphatic carboxylic acids is 1. The molecule has 0 saturated heterocycles. The second-order valence-electron chi connectivity index (χ2n) is 8.52. The van der Waals surface area contributed by atoms with E-state index < -0.39 is 35.3 Å². The van der Waals surface area contributed by atoms with Gasteiger partial charge in [0.05, 0.1) is 0 Å². The zero-order chi connectivity index (χ0) is 22.7. The molecule has 0 aliphatic heterocycles. The Bertz CT molecular complexity index is 565. The average molecular weight is 418 g/mol. The summed E-state index contributed by atoms with van der Waals surface area (Å²) in [6.07, 6.45) is 0.585. The van der Waals surface area contributed by atoms with Gasteiger partial charge in [-0.05, 0) is 60.8 Å². The van der Waals surface area contributed by atoms with Crippen LogP contribution in [0.15, 0.2) is 0 Å². The Morgan fingerprint density at radius 2 is 1.31 bits per heavy atom. The zero-order valence-electron chi connectivity index (χ0n) is 18.3. The normalized spacial score (nSPS) is 11.4. The van der Waals surface area contributed by atoms with Gasteiger partial charge in [0.2, 0.25) is 0 Å². The third kappa shape index (κ3) is 15.1. The molecule has 0 bridgehead atoms. The van der Waals surface area contributed by atoms with E-state index in [9.17, 15) is 19.2 Å². The Morgan fingerprint density at radius 3 is 1.83 bits per heavy atom. The molecule has 3 amide bonds. The minimum absolute atomic E-state index is 0.202. The molecular formula is C19H35N3O7. The number of unbranched alkanes of at least 4 members (excludes halogenated alkanes) is 1. The van der Waals surface area contributed by atoms with Gasteiger partial charge in [-0.2, -0.15) is 0 Å². The molecule has 0 radical (unpaired) electrons. The van der Waals surface area contributed by atoms with Crippen LogP contribution in [-0.4, -0.2) is 71.5 Å². The summed E-state index contributed by atoms with van der Waals surface area (Å²) in [5.74, 6) is -2.58. The van der Waals surface area contributed by atoms with Gasteiger partial charge < -0.3 is 30.1 Å². The number of hydrogen-bond donors (Lipinski definition) is 3. The molecule has 0 unspecified atom stereocenters. The number of hydrogen-bond acceptors (Lipinski definition) is 6. The molecule has 0 rings (SSSR count). The lowest BCUT2D eigenvalue weighted by Crippen LogP contribution is -2.40. The number of rotatable bonds is 9. The van der Waals surface area contributed by atoms with Gasteiger partial charge in [-0.1, -0.05) is 0 Å². The van der Waals surface area contributed by atoms with Gasteiger partial charge in [0.1, 0.15) is 11.2 Å². The van der Waals surface area contributed by atoms with Crippen molar-refractivity contribution in [2.75, 3.05) is 26.2 Å². The van der Waals surface area contributed by atoms with E-state index in [0.29, 0.717) is 38.9 Å². The molecule has 168 valence electrons. The highest BCUT2D eigenvalue weighted by atomic mass is 16.6. The summed E-state index contributed by atoms with van der Waals surface area (Å²) in [5, 5.41) is 13.4. The maximum atomic E-state index is 12.4. The molecule has 0 aliphatic carbocycles. The van der Waals surface area contributed by atoms with Gasteiger partial charge in [-0.25, -0.2) is 14.4 Å². The average Bonchev–Trinajstić information content (AvgIpc) is 2.52. The van der Waals surface area contributed by atoms with Gasteiger partial charge in [0.25, 0.3) is 0 Å². The van der Waals surface area contributed by atoms with Crippen LogP contribution in [0.1, 0.15) is 60.8 Å². The lowest BCUT2D eigenvalue weighted by molar-refractivity contribution is -0.150. The topological polar surface area (TPSA) is 134 Å². The molecular weight excluding hydrogens is 382 g/mol. The van der Waals surface area contributed by atoms with Crippen molar-refractivity contribution in [2.24, 2.45) is 0 Å². The second-order valence-corrected chi connectivity index (χ2v) is 8.52. The number of ether oxygens (including phenoxy) is 2. The first-order chi connectivity index (χ1) is 13.2. The van der Waals surface area contributed by atoms with E-state index in [0.717, 1.165) is 0 Å². The molecule has 10 heteroatoms. The SMILES string of the molecule is CC(C)(C)OC(=O)NCCCN(CCCCNC(=O)C(=O)O)C(=O)OC(C)(C)C. The zero-order valence-corrected chi connectivity index (χ0v) is 18.3. The van der Waals surface area contributed by atoms with Crippen molar-refractivity contribution in [2.45, 2.75) is 72.0 Å². The number of carbonyl (C=O) groups is 4. The Labute approximate surface area is 172 Å². The summed E-state index contributed by atoms with van der Waals surface area (Å²) in [6, 6.07) is 0. The van der Waals surface area contributed by atoms with Crippen molar-refractivity contribution in [3.05, 3.63) is 0 Å². The lowest BCUT2D eigenvalue weighted by atomic mass is 10.2. The van der Waals surface area contributed by atoms with E-state index in [-0.39, 0.29) is 6.54 Å². The Morgan fingerprint density at radius 1 is 0.793 bits per heavy atom. The largest absolute Gasteiger partial charge is 0.474 e. The molecule has 0 saturated carbocycles. The first kappa shape index (κ1) is 26.5. The quantitative estimate of drug-likeness (QED) is 0.386. The fourth-order valence-corrected chi connectivity index (χ4v) is 2.10. The summed E-state index contributed by atoms with van der Waals surface area (Å²) in [5.41, 5.74) is -1.22. The highest BCUT2D eigenvalue weighted by molar-refractivity contribution is 6.31. The predicted octanol–water partition coefficient (Wildman–Crippen LogP) is 2.12. The van der Waals surface area contributed by atoms with E-state index in [1.165, 1.54) is 4.90 Å². The van der Waals surface area contributed by atoms with Crippen molar-refractivity contribution < 1.29 is 33.8 Å². The van der Waals surface area contributed by atoms with E-state index >= 15 is 0 Å². The highest BCUT2D eigenvalue weighted by Crippen LogP contribution is 2.11. The third-order valence-electron chi connectivity index (χ3n) is 3.26. The Hall–Kier alpha value is -2.52. The van der Waals surface area contributed by atoms with Crippen LogP contribution in [-0.2, 0) is 19.1 Å². The number of carboxylic acids is 1. The van der Waals surface area contributed by atoms with E-state index in [2.05, 4.69) is 10.6 Å². The fraction of sp³-hybridized carbons (Fsp3) is 0.789. The van der Waals surface area contributed by atoms with E-state index in [1.807, 2.05) is 0 Å². The molecule has 10 nitrogen and oxygen atoms in total. The van der Waals surface area contributed by atoms with Crippen LogP contribution in [0.3, 0.4) is 0 Å². The number of nitrogens with zero attached hydrogens (tertiary/aromatic N) is 1. The van der Waals surface area contributed by atoms with E-state index in [1.54, 1.807) is 41.5 Å². The Balaban J connectivity index is 4.44. The lowest BCUT2D eigenvalue weighted by Gasteiger charge is -2.27. The van der Waals surface area contributed by atoms with Crippen LogP contribution in [0.2, 0.25) is 0 Å². The monoisotopic (exact) mass is 417 g/mol. The summed E-state index contributed by atoms with van der Waals surface area (Å²) in [4.78, 5) is 47.0. The number of carboxylic acid groups (broad SMARTS) is 1. The Kier molecular flexibility index (Phi) is 11.1. The molecule has 0 atom stereocenters. The van der Waals surface area contributed by atoms with Gasteiger partial charge in [-0.3, -0.25) is 4.79 Å². The van der Waals surface area contributed by atoms with Crippen LogP contribution >= 0.6 is 0 Å². The number of amides is 3. The molecule has 3 N–H and O–H groups in total. The molecule has 0 aromatic rings. The molecule has 29 heavy (non-hydrogen) atoms. The van der Waals surface area contributed by atoms with Crippen molar-refractivity contribution in [1.82, 2.24) is 15.5 Å². The van der Waals surface area contributed by atoms with Gasteiger partial charge in [0.15, 0.2) is 0 Å². The maximum Gasteiger partial charge on any atom is 0.410 e. The first-order valence-electron chi connectivity index (χ1n) is 9.67. The number of alkyl carbamates (subject to hydrolysis) is 1. The predicted molar refractivity (Wildman–Crippen MR) is 107 cm³/mol. The van der Waals surface area contributed by atoms with Crippen molar-refractivity contribution >= 4 is 24.1 Å². The maximum absolute atomic E-state index is 12.4. The summed E-state index contributed by atoms with van der Waals surface area (Å²) >= 11 is 0. The van der Waals surface area contributed by atoms with Crippen LogP contribution in [0.25, 0.3) is 0 Å².